The van der Waals surface area contributed by atoms with E-state index in [2.05, 4.69) is 65.5 Å². The zero-order chi connectivity index (χ0) is 41.9. The van der Waals surface area contributed by atoms with Crippen LogP contribution in [0.15, 0.2) is 97.3 Å². The number of benzene rings is 4. The molecule has 0 N–H and O–H groups in total. The molecule has 0 saturated heterocycles. The zero-order valence-corrected chi connectivity index (χ0v) is 30.3. The van der Waals surface area contributed by atoms with Crippen LogP contribution in [0.25, 0.3) is 44.4 Å². The topological polar surface area (TPSA) is 35.0 Å². The molecular formula is C42H42IrN2OSi-2. The standard InChI is InChI=1S/C29H30NOSi.C13H12N.Ir/c1-19-18-30-26(16-21(19)17-29(2,3)4)25-13-9-12-24-23-15-14-20-10-7-8-11-22(20)27(23)31-32(5,6)28(24)25;1-10-3-6-12(7-4-10)13-8-5-11(2)9-14-13;/h7-12,14-16,18H,17H2,1-6H3;3-6,8-9H,1-2H3;/q2*-1;/i1D3,17D2;1D3,2D3;. The average Bonchev–Trinajstić information content (AvgIpc) is 3.13. The first kappa shape index (κ1) is 22.6. The van der Waals surface area contributed by atoms with Crippen molar-refractivity contribution in [2.45, 2.75) is 60.8 Å². The fourth-order valence-corrected chi connectivity index (χ4v) is 8.16. The Morgan fingerprint density at radius 2 is 1.62 bits per heavy atom. The Morgan fingerprint density at radius 1 is 0.830 bits per heavy atom. The maximum atomic E-state index is 8.90. The summed E-state index contributed by atoms with van der Waals surface area (Å²) in [7, 11) is -2.53. The molecule has 7 rings (SSSR count). The van der Waals surface area contributed by atoms with Crippen LogP contribution < -0.4 is 9.61 Å². The van der Waals surface area contributed by atoms with Crippen LogP contribution >= 0.6 is 0 Å². The summed E-state index contributed by atoms with van der Waals surface area (Å²) >= 11 is 0. The van der Waals surface area contributed by atoms with Gasteiger partial charge in [0.05, 0.1) is 0 Å². The van der Waals surface area contributed by atoms with Crippen molar-refractivity contribution >= 4 is 24.3 Å². The third-order valence-electron chi connectivity index (χ3n) is 7.65. The molecule has 0 bridgehead atoms. The molecule has 4 aromatic carbocycles. The van der Waals surface area contributed by atoms with Gasteiger partial charge in [-0.25, -0.2) is 0 Å². The van der Waals surface area contributed by atoms with Gasteiger partial charge in [-0.1, -0.05) is 98.5 Å². The Bertz CT molecular complexity index is 2380. The zero-order valence-electron chi connectivity index (χ0n) is 37.9. The van der Waals surface area contributed by atoms with Gasteiger partial charge in [-0.3, -0.25) is 0 Å². The van der Waals surface area contributed by atoms with Gasteiger partial charge in [0.1, 0.15) is 5.75 Å². The van der Waals surface area contributed by atoms with Crippen molar-refractivity contribution in [2.24, 2.45) is 5.41 Å². The summed E-state index contributed by atoms with van der Waals surface area (Å²) in [5.74, 6) is 0.884. The third-order valence-corrected chi connectivity index (χ3v) is 10.1. The summed E-state index contributed by atoms with van der Waals surface area (Å²) in [5.41, 5.74) is 4.08. The first-order valence-corrected chi connectivity index (χ1v) is 18.0. The van der Waals surface area contributed by atoms with E-state index < -0.39 is 40.7 Å². The SMILES string of the molecule is [2H]C([2H])([2H])c1c[c-]c(-c2ccc(C([2H])([2H])[2H])cn2)cc1.[2H]C([2H])([2H])c1cnc(-c2[c-]ccc3c2[Si](C)(C)Oc2c-3ccc3ccccc23)cc1C([2H])([2H])C(C)(C)C.[Ir]. The molecule has 0 spiro atoms. The molecule has 3 heterocycles. The molecule has 5 heteroatoms. The maximum absolute atomic E-state index is 8.90. The van der Waals surface area contributed by atoms with E-state index in [4.69, 9.17) is 19.5 Å². The molecule has 0 unspecified atom stereocenters. The fourth-order valence-electron chi connectivity index (χ4n) is 5.66. The minimum Gasteiger partial charge on any atom is -0.547 e. The summed E-state index contributed by atoms with van der Waals surface area (Å²) in [6.45, 7) is 2.78. The molecule has 2 aromatic heterocycles. The molecule has 1 aliphatic heterocycles. The molecular weight excluding hydrogens is 769 g/mol. The van der Waals surface area contributed by atoms with Gasteiger partial charge in [0.25, 0.3) is 0 Å². The van der Waals surface area contributed by atoms with Crippen LogP contribution in [-0.4, -0.2) is 18.3 Å². The molecule has 3 nitrogen and oxygen atoms in total. The summed E-state index contributed by atoms with van der Waals surface area (Å²) in [4.78, 5) is 8.64. The quantitative estimate of drug-likeness (QED) is 0.132. The van der Waals surface area contributed by atoms with Crippen LogP contribution in [0.2, 0.25) is 13.1 Å². The molecule has 6 aromatic rings. The molecule has 0 saturated carbocycles. The molecule has 0 fully saturated rings. The van der Waals surface area contributed by atoms with Crippen molar-refractivity contribution in [3.8, 4) is 39.4 Å². The smallest absolute Gasteiger partial charge is 0.231 e. The normalized spacial score (nSPS) is 17.5. The Labute approximate surface area is 310 Å². The van der Waals surface area contributed by atoms with Gasteiger partial charge in [0.2, 0.25) is 8.32 Å². The Hall–Kier alpha value is -3.89. The fraction of sp³-hybridized carbons (Fsp3) is 0.238. The minimum absolute atomic E-state index is 0. The second-order valence-corrected chi connectivity index (χ2v) is 16.6. The number of hydrogen-bond acceptors (Lipinski definition) is 3. The van der Waals surface area contributed by atoms with Crippen LogP contribution in [0.5, 0.6) is 5.75 Å². The average molecular weight is 822 g/mol. The predicted molar refractivity (Wildman–Crippen MR) is 195 cm³/mol. The van der Waals surface area contributed by atoms with Gasteiger partial charge in [-0.05, 0) is 66.5 Å². The number of nitrogens with zero attached hydrogens (tertiary/aromatic N) is 2. The summed E-state index contributed by atoms with van der Waals surface area (Å²) in [6.07, 6.45) is 0.709. The van der Waals surface area contributed by atoms with E-state index in [1.807, 2.05) is 18.2 Å². The van der Waals surface area contributed by atoms with Crippen molar-refractivity contribution < 1.29 is 39.6 Å². The number of fused-ring (bicyclic) bond motifs is 5. The number of hydrogen-bond donors (Lipinski definition) is 0. The minimum atomic E-state index is -2.53. The first-order valence-electron chi connectivity index (χ1n) is 20.6. The van der Waals surface area contributed by atoms with Gasteiger partial charge in [0.15, 0.2) is 0 Å². The third kappa shape index (κ3) is 7.49. The van der Waals surface area contributed by atoms with E-state index in [0.29, 0.717) is 17.0 Å². The van der Waals surface area contributed by atoms with E-state index in [9.17, 15) is 0 Å². The molecule has 0 amide bonds. The Morgan fingerprint density at radius 3 is 2.32 bits per heavy atom. The van der Waals surface area contributed by atoms with Crippen LogP contribution in [-0.2, 0) is 26.5 Å². The van der Waals surface area contributed by atoms with Gasteiger partial charge in [-0.2, -0.15) is 0 Å². The molecule has 1 radical (unpaired) electrons. The summed E-state index contributed by atoms with van der Waals surface area (Å²) in [6, 6.07) is 31.7. The summed E-state index contributed by atoms with van der Waals surface area (Å²) in [5, 5.41) is 3.21. The second-order valence-electron chi connectivity index (χ2n) is 12.8. The molecule has 0 atom stereocenters. The molecule has 47 heavy (non-hydrogen) atoms. The number of pyridine rings is 2. The predicted octanol–water partition coefficient (Wildman–Crippen LogP) is 10.2. The van der Waals surface area contributed by atoms with Crippen LogP contribution in [0, 0.1) is 38.1 Å². The van der Waals surface area contributed by atoms with E-state index >= 15 is 0 Å². The molecule has 1 aliphatic rings. The Kier molecular flexibility index (Phi) is 6.59. The van der Waals surface area contributed by atoms with E-state index in [0.717, 1.165) is 38.4 Å². The van der Waals surface area contributed by atoms with Crippen molar-refractivity contribution in [2.75, 3.05) is 0 Å². The van der Waals surface area contributed by atoms with Crippen LogP contribution in [0.4, 0.5) is 0 Å². The molecule has 0 aliphatic carbocycles. The van der Waals surface area contributed by atoms with Crippen molar-refractivity contribution in [3.63, 3.8) is 0 Å². The Balaban J connectivity index is 0.000000259. The van der Waals surface area contributed by atoms with Crippen molar-refractivity contribution in [1.82, 2.24) is 9.97 Å². The largest absolute Gasteiger partial charge is 0.547 e. The van der Waals surface area contributed by atoms with Gasteiger partial charge in [-0.15, -0.1) is 59.2 Å². The second kappa shape index (κ2) is 13.7. The number of aryl methyl sites for hydroxylation is 3. The monoisotopic (exact) mass is 822 g/mol. The van der Waals surface area contributed by atoms with Crippen molar-refractivity contribution in [3.05, 3.63) is 132 Å². The first-order chi connectivity index (χ1) is 26.3. The number of aromatic nitrogens is 2. The summed E-state index contributed by atoms with van der Waals surface area (Å²) < 4.78 is 92.3. The number of rotatable bonds is 3. The van der Waals surface area contributed by atoms with Gasteiger partial charge in [0, 0.05) is 58.5 Å². The van der Waals surface area contributed by atoms with E-state index in [1.54, 1.807) is 39.0 Å². The van der Waals surface area contributed by atoms with Gasteiger partial charge < -0.3 is 14.4 Å². The van der Waals surface area contributed by atoms with Crippen LogP contribution in [0.3, 0.4) is 0 Å². The van der Waals surface area contributed by atoms with Crippen molar-refractivity contribution in [1.29, 1.82) is 0 Å². The van der Waals surface area contributed by atoms with E-state index in [-0.39, 0.29) is 42.4 Å². The van der Waals surface area contributed by atoms with E-state index in [1.165, 1.54) is 30.6 Å². The van der Waals surface area contributed by atoms with Gasteiger partial charge >= 0.3 is 0 Å². The maximum Gasteiger partial charge on any atom is 0.231 e. The molecule has 241 valence electrons. The van der Waals surface area contributed by atoms with Crippen LogP contribution in [0.1, 0.15) is 58.1 Å².